The average Bonchev–Trinajstić information content (AvgIpc) is 3.16. The van der Waals surface area contributed by atoms with Crippen LogP contribution in [0.15, 0.2) is 40.9 Å². The molecule has 8 nitrogen and oxygen atoms in total. The molecule has 1 fully saturated rings. The Morgan fingerprint density at radius 2 is 1.89 bits per heavy atom. The number of amides is 1. The van der Waals surface area contributed by atoms with E-state index in [1.807, 2.05) is 11.4 Å². The molecule has 0 saturated carbocycles. The third-order valence-corrected chi connectivity index (χ3v) is 6.40. The quantitative estimate of drug-likeness (QED) is 0.685. The predicted molar refractivity (Wildman–Crippen MR) is 103 cm³/mol. The topological polar surface area (TPSA) is 109 Å². The van der Waals surface area contributed by atoms with E-state index in [0.29, 0.717) is 26.2 Å². The van der Waals surface area contributed by atoms with Crippen LogP contribution in [0.5, 0.6) is 0 Å². The van der Waals surface area contributed by atoms with E-state index in [4.69, 9.17) is 5.14 Å². The zero-order valence-corrected chi connectivity index (χ0v) is 16.2. The van der Waals surface area contributed by atoms with Gasteiger partial charge in [0, 0.05) is 31.7 Å². The first-order chi connectivity index (χ1) is 13.3. The van der Waals surface area contributed by atoms with Crippen molar-refractivity contribution >= 4 is 43.3 Å². The molecule has 3 heterocycles. The number of carbonyl (C=O) groups excluding carboxylic acids is 1. The Hall–Kier alpha value is -2.63. The highest BCUT2D eigenvalue weighted by molar-refractivity contribution is 7.89. The number of sulfonamides is 1. The smallest absolute Gasteiger partial charge is 0.254 e. The Kier molecular flexibility index (Phi) is 4.73. The molecule has 1 aromatic carbocycles. The lowest BCUT2D eigenvalue weighted by Crippen LogP contribution is -2.49. The first-order valence-corrected chi connectivity index (χ1v) is 10.8. The molecule has 0 atom stereocenters. The van der Waals surface area contributed by atoms with Gasteiger partial charge in [0.1, 0.15) is 22.9 Å². The van der Waals surface area contributed by atoms with Crippen molar-refractivity contribution in [2.75, 3.05) is 31.1 Å². The number of thiophene rings is 1. The first kappa shape index (κ1) is 18.7. The molecule has 0 radical (unpaired) electrons. The second-order valence-corrected chi connectivity index (χ2v) is 8.75. The van der Waals surface area contributed by atoms with E-state index >= 15 is 0 Å². The summed E-state index contributed by atoms with van der Waals surface area (Å²) in [7, 11) is -4.25. The van der Waals surface area contributed by atoms with E-state index in [1.54, 1.807) is 16.2 Å². The molecule has 2 N–H and O–H groups in total. The average molecular weight is 421 g/mol. The molecule has 0 aliphatic carbocycles. The van der Waals surface area contributed by atoms with Gasteiger partial charge in [-0.2, -0.15) is 0 Å². The number of hydrogen-bond donors (Lipinski definition) is 1. The van der Waals surface area contributed by atoms with Gasteiger partial charge in [0.15, 0.2) is 0 Å². The van der Waals surface area contributed by atoms with Crippen molar-refractivity contribution in [1.29, 1.82) is 0 Å². The van der Waals surface area contributed by atoms with E-state index in [2.05, 4.69) is 14.9 Å². The zero-order chi connectivity index (χ0) is 19.9. The summed E-state index contributed by atoms with van der Waals surface area (Å²) in [4.78, 5) is 24.3. The number of nitrogens with zero attached hydrogens (tertiary/aromatic N) is 4. The second-order valence-electron chi connectivity index (χ2n) is 6.30. The van der Waals surface area contributed by atoms with Crippen LogP contribution in [0.25, 0.3) is 10.2 Å². The van der Waals surface area contributed by atoms with Crippen molar-refractivity contribution in [2.45, 2.75) is 4.90 Å². The molecule has 0 bridgehead atoms. The van der Waals surface area contributed by atoms with Crippen LogP contribution >= 0.6 is 11.3 Å². The summed E-state index contributed by atoms with van der Waals surface area (Å²) in [5, 5.41) is 6.97. The van der Waals surface area contributed by atoms with Gasteiger partial charge in [-0.25, -0.2) is 27.9 Å². The maximum Gasteiger partial charge on any atom is 0.254 e. The highest BCUT2D eigenvalue weighted by atomic mass is 32.2. The minimum atomic E-state index is -4.25. The van der Waals surface area contributed by atoms with Crippen molar-refractivity contribution in [3.05, 3.63) is 47.4 Å². The summed E-state index contributed by atoms with van der Waals surface area (Å²) >= 11 is 1.57. The first-order valence-electron chi connectivity index (χ1n) is 8.39. The zero-order valence-electron chi connectivity index (χ0n) is 14.6. The van der Waals surface area contributed by atoms with Gasteiger partial charge >= 0.3 is 0 Å². The van der Waals surface area contributed by atoms with Crippen molar-refractivity contribution in [3.8, 4) is 0 Å². The van der Waals surface area contributed by atoms with Crippen LogP contribution in [0.4, 0.5) is 10.2 Å². The number of fused-ring (bicyclic) bond motifs is 1. The van der Waals surface area contributed by atoms with Gasteiger partial charge in [-0.1, -0.05) is 0 Å². The number of halogens is 1. The number of benzene rings is 1. The third kappa shape index (κ3) is 3.43. The van der Waals surface area contributed by atoms with Gasteiger partial charge in [0.25, 0.3) is 5.91 Å². The fourth-order valence-electron chi connectivity index (χ4n) is 3.16. The molecule has 0 spiro atoms. The second kappa shape index (κ2) is 7.08. The molecular formula is C17H16FN5O3S2. The monoisotopic (exact) mass is 421 g/mol. The van der Waals surface area contributed by atoms with Crippen molar-refractivity contribution in [2.24, 2.45) is 5.14 Å². The van der Waals surface area contributed by atoms with Crippen LogP contribution in [-0.2, 0) is 10.0 Å². The van der Waals surface area contributed by atoms with E-state index in [1.165, 1.54) is 12.4 Å². The predicted octanol–water partition coefficient (Wildman–Crippen LogP) is 1.44. The number of rotatable bonds is 3. The van der Waals surface area contributed by atoms with Crippen LogP contribution in [-0.4, -0.2) is 55.4 Å². The van der Waals surface area contributed by atoms with Crippen molar-refractivity contribution in [3.63, 3.8) is 0 Å². The number of aromatic nitrogens is 2. The van der Waals surface area contributed by atoms with E-state index < -0.39 is 20.7 Å². The Bertz CT molecular complexity index is 1160. The molecule has 1 saturated heterocycles. The lowest BCUT2D eigenvalue weighted by molar-refractivity contribution is 0.0746. The van der Waals surface area contributed by atoms with E-state index in [9.17, 15) is 17.6 Å². The van der Waals surface area contributed by atoms with Crippen LogP contribution in [0.2, 0.25) is 0 Å². The number of anilines is 1. The molecule has 2 aromatic heterocycles. The molecule has 3 aromatic rings. The Balaban J connectivity index is 1.51. The number of nitrogens with two attached hydrogens (primary N) is 1. The molecule has 146 valence electrons. The van der Waals surface area contributed by atoms with Gasteiger partial charge in [-0.05, 0) is 29.6 Å². The highest BCUT2D eigenvalue weighted by Gasteiger charge is 2.26. The number of carbonyl (C=O) groups is 1. The minimum absolute atomic E-state index is 0.0848. The van der Waals surface area contributed by atoms with E-state index in [0.717, 1.165) is 28.2 Å². The van der Waals surface area contributed by atoms with Crippen molar-refractivity contribution in [1.82, 2.24) is 14.9 Å². The third-order valence-electron chi connectivity index (χ3n) is 4.58. The van der Waals surface area contributed by atoms with Gasteiger partial charge in [-0.15, -0.1) is 11.3 Å². The standard InChI is InChI=1S/C17H16FN5O3S2/c18-12-2-1-11(9-14(12)28(19,25)26)17(24)23-6-4-22(5-7-23)16-15-13(3-8-27-15)20-10-21-16/h1-3,8-10H,4-7H2,(H2,19,25,26). The maximum absolute atomic E-state index is 13.7. The summed E-state index contributed by atoms with van der Waals surface area (Å²) in [5.74, 6) is -0.508. The number of hydrogen-bond acceptors (Lipinski definition) is 7. The summed E-state index contributed by atoms with van der Waals surface area (Å²) in [6.07, 6.45) is 1.52. The summed E-state index contributed by atoms with van der Waals surface area (Å²) in [6.45, 7) is 1.99. The van der Waals surface area contributed by atoms with Crippen LogP contribution < -0.4 is 10.0 Å². The molecule has 1 aliphatic heterocycles. The summed E-state index contributed by atoms with van der Waals surface area (Å²) < 4.78 is 37.7. The van der Waals surface area contributed by atoms with Gasteiger partial charge < -0.3 is 9.80 Å². The summed E-state index contributed by atoms with van der Waals surface area (Å²) in [5.41, 5.74) is 0.969. The molecular weight excluding hydrogens is 405 g/mol. The minimum Gasteiger partial charge on any atom is -0.352 e. The van der Waals surface area contributed by atoms with Gasteiger partial charge in [0.2, 0.25) is 10.0 Å². The molecule has 1 amide bonds. The fraction of sp³-hybridized carbons (Fsp3) is 0.235. The lowest BCUT2D eigenvalue weighted by atomic mass is 10.1. The lowest BCUT2D eigenvalue weighted by Gasteiger charge is -2.35. The van der Waals surface area contributed by atoms with Crippen LogP contribution in [0, 0.1) is 5.82 Å². The van der Waals surface area contributed by atoms with Gasteiger partial charge in [0.05, 0.1) is 10.2 Å². The van der Waals surface area contributed by atoms with E-state index in [-0.39, 0.29) is 11.5 Å². The van der Waals surface area contributed by atoms with Crippen molar-refractivity contribution < 1.29 is 17.6 Å². The van der Waals surface area contributed by atoms with Crippen LogP contribution in [0.1, 0.15) is 10.4 Å². The fourth-order valence-corrected chi connectivity index (χ4v) is 4.65. The Morgan fingerprint density at radius 3 is 2.61 bits per heavy atom. The Morgan fingerprint density at radius 1 is 1.14 bits per heavy atom. The molecule has 1 aliphatic rings. The number of piperazine rings is 1. The maximum atomic E-state index is 13.7. The Labute approximate surface area is 164 Å². The molecule has 11 heteroatoms. The van der Waals surface area contributed by atoms with Crippen LogP contribution in [0.3, 0.4) is 0 Å². The highest BCUT2D eigenvalue weighted by Crippen LogP contribution is 2.28. The number of primary sulfonamides is 1. The van der Waals surface area contributed by atoms with Gasteiger partial charge in [-0.3, -0.25) is 4.79 Å². The molecule has 28 heavy (non-hydrogen) atoms. The normalized spacial score (nSPS) is 15.2. The SMILES string of the molecule is NS(=O)(=O)c1cc(C(=O)N2CCN(c3ncnc4ccsc34)CC2)ccc1F. The largest absolute Gasteiger partial charge is 0.352 e. The summed E-state index contributed by atoms with van der Waals surface area (Å²) in [6, 6.07) is 5.12. The molecule has 4 rings (SSSR count). The molecule has 0 unspecified atom stereocenters.